The van der Waals surface area contributed by atoms with E-state index in [2.05, 4.69) is 9.97 Å². The van der Waals surface area contributed by atoms with E-state index in [-0.39, 0.29) is 17.4 Å². The van der Waals surface area contributed by atoms with Gasteiger partial charge in [-0.1, -0.05) is 0 Å². The molecule has 0 amide bonds. The Hall–Kier alpha value is -1.89. The molecule has 3 nitrogen and oxygen atoms in total. The van der Waals surface area contributed by atoms with Crippen LogP contribution in [0.25, 0.3) is 11.4 Å². The van der Waals surface area contributed by atoms with E-state index in [0.717, 1.165) is 6.07 Å². The largest absolute Gasteiger partial charge is 0.417 e. The van der Waals surface area contributed by atoms with Gasteiger partial charge in [-0.3, -0.25) is 4.79 Å². The molecule has 0 aliphatic heterocycles. The lowest BCUT2D eigenvalue weighted by molar-refractivity contribution is -0.137. The van der Waals surface area contributed by atoms with E-state index in [1.807, 2.05) is 0 Å². The van der Waals surface area contributed by atoms with Crippen LogP contribution in [-0.4, -0.2) is 9.97 Å². The average Bonchev–Trinajstić information content (AvgIpc) is 2.36. The van der Waals surface area contributed by atoms with Crippen molar-refractivity contribution in [1.29, 1.82) is 0 Å². The maximum absolute atomic E-state index is 13.2. The summed E-state index contributed by atoms with van der Waals surface area (Å²) in [4.78, 5) is 17.3. The summed E-state index contributed by atoms with van der Waals surface area (Å²) in [5.41, 5.74) is -2.19. The van der Waals surface area contributed by atoms with Crippen LogP contribution in [0.15, 0.2) is 29.1 Å². The number of nitrogens with one attached hydrogen (secondary N) is 1. The van der Waals surface area contributed by atoms with Gasteiger partial charge in [-0.2, -0.15) is 13.2 Å². The minimum atomic E-state index is -4.70. The first-order valence-electron chi connectivity index (χ1n) is 5.34. The van der Waals surface area contributed by atoms with Gasteiger partial charge in [0, 0.05) is 11.6 Å². The molecule has 0 aliphatic carbocycles. The number of hydrogen-bond donors (Lipinski definition) is 1. The Balaban J connectivity index is 2.71. The van der Waals surface area contributed by atoms with Gasteiger partial charge >= 0.3 is 6.18 Å². The van der Waals surface area contributed by atoms with Crippen molar-refractivity contribution in [2.45, 2.75) is 12.1 Å². The predicted molar refractivity (Wildman–Crippen MR) is 64.8 cm³/mol. The second kappa shape index (κ2) is 5.24. The summed E-state index contributed by atoms with van der Waals surface area (Å²) in [6.45, 7) is 0. The molecule has 0 radical (unpaired) electrons. The van der Waals surface area contributed by atoms with Gasteiger partial charge < -0.3 is 4.98 Å². The zero-order valence-electron chi connectivity index (χ0n) is 9.76. The average molecular weight is 307 g/mol. The van der Waals surface area contributed by atoms with Crippen molar-refractivity contribution >= 4 is 11.6 Å². The Labute approximate surface area is 115 Å². The molecule has 20 heavy (non-hydrogen) atoms. The fourth-order valence-electron chi connectivity index (χ4n) is 1.66. The summed E-state index contributed by atoms with van der Waals surface area (Å²) >= 11 is 5.51. The highest BCUT2D eigenvalue weighted by atomic mass is 35.5. The van der Waals surface area contributed by atoms with Crippen LogP contribution in [0.4, 0.5) is 17.6 Å². The highest BCUT2D eigenvalue weighted by Crippen LogP contribution is 2.36. The number of alkyl halides is 4. The maximum Gasteiger partial charge on any atom is 0.417 e. The van der Waals surface area contributed by atoms with Crippen LogP contribution in [0.3, 0.4) is 0 Å². The van der Waals surface area contributed by atoms with E-state index in [9.17, 15) is 22.4 Å². The van der Waals surface area contributed by atoms with Gasteiger partial charge in [-0.05, 0) is 18.2 Å². The molecular weight excluding hydrogens is 300 g/mol. The molecule has 8 heteroatoms. The summed E-state index contributed by atoms with van der Waals surface area (Å²) in [5, 5.41) is 0. The minimum absolute atomic E-state index is 0.0998. The van der Waals surface area contributed by atoms with Gasteiger partial charge in [0.05, 0.1) is 17.1 Å². The summed E-state index contributed by atoms with van der Waals surface area (Å²) in [6, 6.07) is 3.01. The molecule has 2 aromatic rings. The van der Waals surface area contributed by atoms with E-state index >= 15 is 0 Å². The van der Waals surface area contributed by atoms with Crippen molar-refractivity contribution in [2.24, 2.45) is 0 Å². The Morgan fingerprint density at radius 2 is 1.95 bits per heavy atom. The van der Waals surface area contributed by atoms with Crippen LogP contribution in [0, 0.1) is 5.82 Å². The molecule has 106 valence electrons. The molecule has 0 aliphatic rings. The lowest BCUT2D eigenvalue weighted by Gasteiger charge is -2.12. The Bertz CT molecular complexity index is 697. The third-order valence-electron chi connectivity index (χ3n) is 2.47. The summed E-state index contributed by atoms with van der Waals surface area (Å²) < 4.78 is 51.8. The van der Waals surface area contributed by atoms with Crippen molar-refractivity contribution in [3.8, 4) is 11.4 Å². The quantitative estimate of drug-likeness (QED) is 0.683. The number of halogens is 5. The number of H-pyrrole nitrogens is 1. The number of hydrogen-bond acceptors (Lipinski definition) is 2. The number of benzene rings is 1. The molecular formula is C12H7ClF4N2O. The standard InChI is InChI=1S/C12H7ClF4N2O/c13-5-7-4-10(20)19-11(18-7)8-3-6(14)1-2-9(8)12(15,16)17/h1-4H,5H2,(H,18,19,20). The van der Waals surface area contributed by atoms with Crippen molar-refractivity contribution in [3.63, 3.8) is 0 Å². The first kappa shape index (κ1) is 14.5. The predicted octanol–water partition coefficient (Wildman–Crippen LogP) is 3.33. The zero-order chi connectivity index (χ0) is 14.9. The minimum Gasteiger partial charge on any atom is -0.306 e. The van der Waals surface area contributed by atoms with Gasteiger partial charge in [-0.25, -0.2) is 9.37 Å². The van der Waals surface area contributed by atoms with E-state index < -0.39 is 28.7 Å². The lowest BCUT2D eigenvalue weighted by atomic mass is 10.1. The maximum atomic E-state index is 13.2. The monoisotopic (exact) mass is 306 g/mol. The lowest BCUT2D eigenvalue weighted by Crippen LogP contribution is -2.13. The molecule has 0 fully saturated rings. The molecule has 0 saturated carbocycles. The highest BCUT2D eigenvalue weighted by Gasteiger charge is 2.34. The molecule has 0 spiro atoms. The van der Waals surface area contributed by atoms with Crippen LogP contribution in [0.1, 0.15) is 11.3 Å². The van der Waals surface area contributed by atoms with Crippen LogP contribution in [-0.2, 0) is 12.1 Å². The van der Waals surface area contributed by atoms with Crippen molar-refractivity contribution in [3.05, 3.63) is 51.7 Å². The van der Waals surface area contributed by atoms with Crippen LogP contribution >= 0.6 is 11.6 Å². The molecule has 0 saturated heterocycles. The van der Waals surface area contributed by atoms with E-state index in [1.165, 1.54) is 0 Å². The first-order chi connectivity index (χ1) is 9.31. The van der Waals surface area contributed by atoms with Crippen molar-refractivity contribution in [2.75, 3.05) is 0 Å². The summed E-state index contributed by atoms with van der Waals surface area (Å²) in [5.74, 6) is -1.39. The van der Waals surface area contributed by atoms with Crippen LogP contribution < -0.4 is 5.56 Å². The topological polar surface area (TPSA) is 45.8 Å². The fraction of sp³-hybridized carbons (Fsp3) is 0.167. The van der Waals surface area contributed by atoms with Gasteiger partial charge in [0.1, 0.15) is 11.6 Å². The second-order valence-electron chi connectivity index (χ2n) is 3.91. The Kier molecular flexibility index (Phi) is 3.80. The highest BCUT2D eigenvalue weighted by molar-refractivity contribution is 6.16. The molecule has 1 heterocycles. The van der Waals surface area contributed by atoms with Gasteiger partial charge in [0.15, 0.2) is 0 Å². The summed E-state index contributed by atoms with van der Waals surface area (Å²) in [6.07, 6.45) is -4.70. The van der Waals surface area contributed by atoms with E-state index in [4.69, 9.17) is 11.6 Å². The molecule has 0 unspecified atom stereocenters. The normalized spacial score (nSPS) is 11.7. The van der Waals surface area contributed by atoms with E-state index in [1.54, 1.807) is 0 Å². The third kappa shape index (κ3) is 2.98. The van der Waals surface area contributed by atoms with Gasteiger partial charge in [0.25, 0.3) is 5.56 Å². The van der Waals surface area contributed by atoms with Crippen molar-refractivity contribution in [1.82, 2.24) is 9.97 Å². The number of nitrogens with zero attached hydrogens (tertiary/aromatic N) is 1. The van der Waals surface area contributed by atoms with Gasteiger partial charge in [-0.15, -0.1) is 11.6 Å². The molecule has 1 aromatic heterocycles. The van der Waals surface area contributed by atoms with Gasteiger partial charge in [0.2, 0.25) is 0 Å². The molecule has 1 aromatic carbocycles. The van der Waals surface area contributed by atoms with Crippen molar-refractivity contribution < 1.29 is 17.6 Å². The zero-order valence-corrected chi connectivity index (χ0v) is 10.5. The Morgan fingerprint density at radius 3 is 2.55 bits per heavy atom. The smallest absolute Gasteiger partial charge is 0.306 e. The molecule has 2 rings (SSSR count). The first-order valence-corrected chi connectivity index (χ1v) is 5.88. The number of rotatable bonds is 2. The van der Waals surface area contributed by atoms with Crippen LogP contribution in [0.2, 0.25) is 0 Å². The molecule has 0 bridgehead atoms. The summed E-state index contributed by atoms with van der Waals surface area (Å²) in [7, 11) is 0. The fourth-order valence-corrected chi connectivity index (χ4v) is 1.80. The molecule has 1 N–H and O–H groups in total. The van der Waals surface area contributed by atoms with Crippen LogP contribution in [0.5, 0.6) is 0 Å². The SMILES string of the molecule is O=c1cc(CCl)nc(-c2cc(F)ccc2C(F)(F)F)[nH]1. The van der Waals surface area contributed by atoms with E-state index in [0.29, 0.717) is 18.2 Å². The second-order valence-corrected chi connectivity index (χ2v) is 4.17. The number of aromatic nitrogens is 2. The number of aromatic amines is 1. The third-order valence-corrected chi connectivity index (χ3v) is 2.75. The molecule has 0 atom stereocenters. The Morgan fingerprint density at radius 1 is 1.25 bits per heavy atom.